The van der Waals surface area contributed by atoms with Crippen LogP contribution in [0.1, 0.15) is 0 Å². The minimum absolute atomic E-state index is 0. The molecular formula is C3H8AsCl. The third-order valence-electron chi connectivity index (χ3n) is 0.109. The van der Waals surface area contributed by atoms with E-state index in [1.807, 2.05) is 0 Å². The maximum absolute atomic E-state index is 5.07. The molecule has 0 aromatic carbocycles. The molecule has 0 fully saturated rings. The average molecular weight is 154 g/mol. The van der Waals surface area contributed by atoms with E-state index < -0.39 is 0 Å². The van der Waals surface area contributed by atoms with Crippen molar-refractivity contribution in [2.24, 2.45) is 0 Å². The molecule has 32 valence electrons. The second-order valence-corrected chi connectivity index (χ2v) is 0.752. The number of hydrogen-bond donors (Lipinski definition) is 0. The summed E-state index contributed by atoms with van der Waals surface area (Å²) in [5.74, 6) is 0.556. The summed E-state index contributed by atoms with van der Waals surface area (Å²) >= 11 is 5.07. The van der Waals surface area contributed by atoms with Crippen molar-refractivity contribution >= 4 is 29.6 Å². The van der Waals surface area contributed by atoms with Crippen LogP contribution in [-0.2, 0) is 0 Å². The van der Waals surface area contributed by atoms with Gasteiger partial charge >= 0.3 is 18.0 Å². The summed E-state index contributed by atoms with van der Waals surface area (Å²) in [6, 6.07) is 0. The van der Waals surface area contributed by atoms with Gasteiger partial charge in [0.2, 0.25) is 0 Å². The number of allylic oxidation sites excluding steroid dienone is 1. The fourth-order valence-corrected chi connectivity index (χ4v) is 0. The SMILES string of the molecule is C=CCCl.[AsH3]. The Morgan fingerprint density at radius 3 is 2.00 bits per heavy atom. The van der Waals surface area contributed by atoms with Gasteiger partial charge in [-0.25, -0.2) is 0 Å². The third-order valence-corrected chi connectivity index (χ3v) is 0.327. The van der Waals surface area contributed by atoms with Crippen molar-refractivity contribution in [3.63, 3.8) is 0 Å². The molecule has 0 radical (unpaired) electrons. The first-order chi connectivity index (χ1) is 1.91. The second kappa shape index (κ2) is 8.82. The van der Waals surface area contributed by atoms with Crippen molar-refractivity contribution in [1.82, 2.24) is 0 Å². The standard InChI is InChI=1S/C3H5Cl.AsH3/c1-2-3-4;/h2H,1,3H2;1H3. The Kier molecular flexibility index (Phi) is 16.1. The van der Waals surface area contributed by atoms with Gasteiger partial charge in [0.25, 0.3) is 0 Å². The van der Waals surface area contributed by atoms with Crippen molar-refractivity contribution < 1.29 is 0 Å². The molecule has 0 aliphatic carbocycles. The summed E-state index contributed by atoms with van der Waals surface area (Å²) in [6.07, 6.45) is 1.64. The van der Waals surface area contributed by atoms with E-state index >= 15 is 0 Å². The molecule has 0 heterocycles. The van der Waals surface area contributed by atoms with Gasteiger partial charge in [0.05, 0.1) is 0 Å². The van der Waals surface area contributed by atoms with Crippen LogP contribution in [0.25, 0.3) is 0 Å². The van der Waals surface area contributed by atoms with Crippen LogP contribution >= 0.6 is 11.6 Å². The summed E-state index contributed by atoms with van der Waals surface area (Å²) in [5, 5.41) is 0. The topological polar surface area (TPSA) is 0 Å². The Hall–Kier alpha value is 0.588. The van der Waals surface area contributed by atoms with Crippen LogP contribution in [0, 0.1) is 0 Å². The van der Waals surface area contributed by atoms with Crippen molar-refractivity contribution in [2.75, 3.05) is 5.88 Å². The number of rotatable bonds is 1. The van der Waals surface area contributed by atoms with Gasteiger partial charge in [-0.3, -0.25) is 0 Å². The maximum atomic E-state index is 5.07. The van der Waals surface area contributed by atoms with Crippen LogP contribution in [0.2, 0.25) is 0 Å². The first-order valence-electron chi connectivity index (χ1n) is 1.08. The molecule has 0 spiro atoms. The van der Waals surface area contributed by atoms with Gasteiger partial charge in [0, 0.05) is 5.88 Å². The fourth-order valence-electron chi connectivity index (χ4n) is 0. The molecule has 0 N–H and O–H groups in total. The Balaban J connectivity index is 0. The van der Waals surface area contributed by atoms with Gasteiger partial charge in [-0.05, 0) is 0 Å². The third kappa shape index (κ3) is 12.2. The summed E-state index contributed by atoms with van der Waals surface area (Å²) in [4.78, 5) is 0. The van der Waals surface area contributed by atoms with E-state index in [4.69, 9.17) is 11.6 Å². The Bertz CT molecular complexity index is 20.9. The zero-order valence-corrected chi connectivity index (χ0v) is 6.80. The summed E-state index contributed by atoms with van der Waals surface area (Å²) in [6.45, 7) is 3.35. The summed E-state index contributed by atoms with van der Waals surface area (Å²) in [7, 11) is 0. The first kappa shape index (κ1) is 9.14. The number of hydrogen-bond acceptors (Lipinski definition) is 0. The van der Waals surface area contributed by atoms with Gasteiger partial charge in [-0.1, -0.05) is 6.08 Å². The van der Waals surface area contributed by atoms with Gasteiger partial charge in [0.1, 0.15) is 0 Å². The second-order valence-electron chi connectivity index (χ2n) is 0.443. The Morgan fingerprint density at radius 2 is 2.00 bits per heavy atom. The summed E-state index contributed by atoms with van der Waals surface area (Å²) in [5.41, 5.74) is 0. The van der Waals surface area contributed by atoms with E-state index in [0.717, 1.165) is 0 Å². The minimum atomic E-state index is 0. The average Bonchev–Trinajstić information content (AvgIpc) is 1.37. The van der Waals surface area contributed by atoms with E-state index in [-0.39, 0.29) is 18.0 Å². The molecule has 2 heteroatoms. The molecular weight excluding hydrogens is 146 g/mol. The van der Waals surface area contributed by atoms with E-state index in [0.29, 0.717) is 5.88 Å². The molecule has 0 rings (SSSR count). The quantitative estimate of drug-likeness (QED) is 0.288. The first-order valence-corrected chi connectivity index (χ1v) is 1.62. The molecule has 0 aromatic heterocycles. The van der Waals surface area contributed by atoms with E-state index in [1.54, 1.807) is 6.08 Å². The van der Waals surface area contributed by atoms with Gasteiger partial charge in [0.15, 0.2) is 0 Å². The van der Waals surface area contributed by atoms with E-state index in [9.17, 15) is 0 Å². The summed E-state index contributed by atoms with van der Waals surface area (Å²) < 4.78 is 0. The van der Waals surface area contributed by atoms with Crippen LogP contribution in [0.4, 0.5) is 0 Å². The molecule has 0 aromatic rings. The molecule has 0 saturated carbocycles. The van der Waals surface area contributed by atoms with Crippen LogP contribution in [0.3, 0.4) is 0 Å². The molecule has 5 heavy (non-hydrogen) atoms. The molecule has 0 nitrogen and oxygen atoms in total. The molecule has 0 bridgehead atoms. The van der Waals surface area contributed by atoms with E-state index in [2.05, 4.69) is 6.58 Å². The van der Waals surface area contributed by atoms with Gasteiger partial charge < -0.3 is 0 Å². The van der Waals surface area contributed by atoms with Crippen LogP contribution in [0.15, 0.2) is 12.7 Å². The molecule has 1 unspecified atom stereocenters. The Labute approximate surface area is 48.5 Å². The van der Waals surface area contributed by atoms with Crippen molar-refractivity contribution in [3.05, 3.63) is 12.7 Å². The normalized spacial score (nSPS) is 5.00. The fraction of sp³-hybridized carbons (Fsp3) is 0.333. The van der Waals surface area contributed by atoms with Crippen LogP contribution in [-0.4, -0.2) is 23.8 Å². The van der Waals surface area contributed by atoms with Crippen molar-refractivity contribution in [1.29, 1.82) is 0 Å². The van der Waals surface area contributed by atoms with Crippen molar-refractivity contribution in [3.8, 4) is 0 Å². The zero-order valence-electron chi connectivity index (χ0n) is 3.08. The molecule has 0 aliphatic rings. The van der Waals surface area contributed by atoms with Crippen LogP contribution < -0.4 is 0 Å². The molecule has 0 amide bonds. The number of alkyl halides is 1. The molecule has 0 saturated heterocycles. The van der Waals surface area contributed by atoms with Gasteiger partial charge in [-0.2, -0.15) is 0 Å². The van der Waals surface area contributed by atoms with Gasteiger partial charge in [-0.15, -0.1) is 18.2 Å². The van der Waals surface area contributed by atoms with E-state index in [1.165, 1.54) is 0 Å². The predicted molar refractivity (Wildman–Crippen MR) is 30.9 cm³/mol. The molecule has 1 atom stereocenters. The van der Waals surface area contributed by atoms with Crippen LogP contribution in [0.5, 0.6) is 0 Å². The van der Waals surface area contributed by atoms with Crippen molar-refractivity contribution in [2.45, 2.75) is 0 Å². The zero-order chi connectivity index (χ0) is 3.41. The predicted octanol–water partition coefficient (Wildman–Crippen LogP) is 0.227. The monoisotopic (exact) mass is 154 g/mol. The number of halogens is 1. The Morgan fingerprint density at radius 1 is 1.80 bits per heavy atom. The molecule has 0 aliphatic heterocycles.